The van der Waals surface area contributed by atoms with E-state index in [0.717, 1.165) is 15.6 Å². The van der Waals surface area contributed by atoms with Gasteiger partial charge in [-0.25, -0.2) is 4.39 Å². The molecule has 35 heavy (non-hydrogen) atoms. The minimum Gasteiger partial charge on any atom is -0.481 e. The summed E-state index contributed by atoms with van der Waals surface area (Å²) in [4.78, 5) is 28.3. The number of carbonyl (C=O) groups excluding carboxylic acids is 2. The monoisotopic (exact) mass is 540 g/mol. The Hall–Kier alpha value is -3.19. The summed E-state index contributed by atoms with van der Waals surface area (Å²) in [5.41, 5.74) is 1.79. The molecule has 1 atom stereocenters. The van der Waals surface area contributed by atoms with Gasteiger partial charge in [-0.2, -0.15) is 0 Å². The van der Waals surface area contributed by atoms with Crippen LogP contribution in [-0.2, 0) is 22.6 Å². The van der Waals surface area contributed by atoms with Crippen LogP contribution in [0.25, 0.3) is 0 Å². The summed E-state index contributed by atoms with van der Waals surface area (Å²) in [5, 5.41) is 2.97. The fraction of sp³-hybridized carbons (Fsp3) is 0.286. The van der Waals surface area contributed by atoms with Crippen LogP contribution in [0.5, 0.6) is 5.75 Å². The highest BCUT2D eigenvalue weighted by atomic mass is 79.9. The third-order valence-electron chi connectivity index (χ3n) is 5.41. The number of ether oxygens (including phenoxy) is 1. The maximum atomic E-state index is 14.1. The Labute approximate surface area is 214 Å². The second-order valence-electron chi connectivity index (χ2n) is 8.71. The largest absolute Gasteiger partial charge is 0.481 e. The third-order valence-corrected chi connectivity index (χ3v) is 5.94. The van der Waals surface area contributed by atoms with Crippen molar-refractivity contribution >= 4 is 27.7 Å². The molecule has 3 aromatic carbocycles. The normalized spacial score (nSPS) is 11.7. The van der Waals surface area contributed by atoms with E-state index in [1.165, 1.54) is 17.0 Å². The first kappa shape index (κ1) is 26.4. The molecule has 1 N–H and O–H groups in total. The van der Waals surface area contributed by atoms with Crippen LogP contribution in [0.1, 0.15) is 25.0 Å². The van der Waals surface area contributed by atoms with Crippen LogP contribution < -0.4 is 10.1 Å². The number of rotatable bonds is 11. The quantitative estimate of drug-likeness (QED) is 0.355. The van der Waals surface area contributed by atoms with Crippen molar-refractivity contribution < 1.29 is 18.7 Å². The van der Waals surface area contributed by atoms with Crippen molar-refractivity contribution in [2.75, 3.05) is 13.2 Å². The van der Waals surface area contributed by atoms with Crippen molar-refractivity contribution in [3.05, 3.63) is 100 Å². The standard InChI is InChI=1S/C28H30BrFN2O3/c1-20(2)17-31-28(34)25(16-21-8-4-3-5-9-21)32(18-22-12-14-23(29)15-13-22)27(33)19-35-26-11-7-6-10-24(26)30/h3-15,20,25H,16-19H2,1-2H3,(H,31,34)/t25-/m0/s1. The summed E-state index contributed by atoms with van der Waals surface area (Å²) >= 11 is 3.43. The predicted octanol–water partition coefficient (Wildman–Crippen LogP) is 5.38. The fourth-order valence-corrected chi connectivity index (χ4v) is 3.81. The van der Waals surface area contributed by atoms with Gasteiger partial charge in [0.05, 0.1) is 0 Å². The van der Waals surface area contributed by atoms with E-state index in [-0.39, 0.29) is 30.7 Å². The maximum Gasteiger partial charge on any atom is 0.261 e. The second-order valence-corrected chi connectivity index (χ2v) is 9.63. The number of nitrogens with zero attached hydrogens (tertiary/aromatic N) is 1. The number of carbonyl (C=O) groups is 2. The molecule has 0 fully saturated rings. The molecule has 0 bridgehead atoms. The molecule has 0 aromatic heterocycles. The first-order valence-corrected chi connectivity index (χ1v) is 12.4. The number of nitrogens with one attached hydrogen (secondary N) is 1. The van der Waals surface area contributed by atoms with E-state index < -0.39 is 17.8 Å². The minimum absolute atomic E-state index is 0.00619. The zero-order valence-corrected chi connectivity index (χ0v) is 21.5. The molecule has 0 saturated heterocycles. The summed E-state index contributed by atoms with van der Waals surface area (Å²) in [5.74, 6) is -0.935. The molecule has 5 nitrogen and oxygen atoms in total. The minimum atomic E-state index is -0.767. The lowest BCUT2D eigenvalue weighted by molar-refractivity contribution is -0.142. The molecule has 3 aromatic rings. The van der Waals surface area contributed by atoms with Crippen molar-refractivity contribution in [1.82, 2.24) is 10.2 Å². The average molecular weight is 541 g/mol. The molecule has 0 radical (unpaired) electrons. The van der Waals surface area contributed by atoms with Crippen LogP contribution in [0, 0.1) is 11.7 Å². The van der Waals surface area contributed by atoms with Gasteiger partial charge in [-0.15, -0.1) is 0 Å². The van der Waals surface area contributed by atoms with Crippen LogP contribution in [0.4, 0.5) is 4.39 Å². The number of halogens is 2. The Morgan fingerprint density at radius 3 is 2.26 bits per heavy atom. The number of hydrogen-bond acceptors (Lipinski definition) is 3. The molecule has 0 unspecified atom stereocenters. The van der Waals surface area contributed by atoms with Crippen LogP contribution in [0.2, 0.25) is 0 Å². The molecular weight excluding hydrogens is 511 g/mol. The number of hydrogen-bond donors (Lipinski definition) is 1. The highest BCUT2D eigenvalue weighted by Gasteiger charge is 2.30. The fourth-order valence-electron chi connectivity index (χ4n) is 3.55. The van der Waals surface area contributed by atoms with Gasteiger partial charge in [0.15, 0.2) is 18.2 Å². The first-order valence-electron chi connectivity index (χ1n) is 11.6. The summed E-state index contributed by atoms with van der Waals surface area (Å²) in [6, 6.07) is 22.3. The van der Waals surface area contributed by atoms with E-state index in [9.17, 15) is 14.0 Å². The number of para-hydroxylation sites is 1. The SMILES string of the molecule is CC(C)CNC(=O)[C@H](Cc1ccccc1)N(Cc1ccc(Br)cc1)C(=O)COc1ccccc1F. The van der Waals surface area contributed by atoms with Gasteiger partial charge in [0, 0.05) is 24.0 Å². The van der Waals surface area contributed by atoms with E-state index in [1.54, 1.807) is 12.1 Å². The van der Waals surface area contributed by atoms with Crippen molar-refractivity contribution in [3.63, 3.8) is 0 Å². The highest BCUT2D eigenvalue weighted by Crippen LogP contribution is 2.19. The Balaban J connectivity index is 1.90. The maximum absolute atomic E-state index is 14.1. The molecule has 0 saturated carbocycles. The average Bonchev–Trinajstić information content (AvgIpc) is 2.85. The Bertz CT molecular complexity index is 1110. The van der Waals surface area contributed by atoms with Gasteiger partial charge in [0.1, 0.15) is 6.04 Å². The summed E-state index contributed by atoms with van der Waals surface area (Å²) in [6.07, 6.45) is 0.340. The Kier molecular flexibility index (Phi) is 9.85. The lowest BCUT2D eigenvalue weighted by atomic mass is 10.0. The van der Waals surface area contributed by atoms with Gasteiger partial charge < -0.3 is 15.0 Å². The topological polar surface area (TPSA) is 58.6 Å². The van der Waals surface area contributed by atoms with Crippen molar-refractivity contribution in [2.45, 2.75) is 32.9 Å². The van der Waals surface area contributed by atoms with E-state index in [0.29, 0.717) is 13.0 Å². The number of benzene rings is 3. The van der Waals surface area contributed by atoms with Crippen LogP contribution in [0.15, 0.2) is 83.3 Å². The molecular formula is C28H30BrFN2O3. The van der Waals surface area contributed by atoms with Gasteiger partial charge in [-0.1, -0.05) is 84.4 Å². The Morgan fingerprint density at radius 2 is 1.60 bits per heavy atom. The summed E-state index contributed by atoms with van der Waals surface area (Å²) < 4.78 is 20.5. The summed E-state index contributed by atoms with van der Waals surface area (Å²) in [6.45, 7) is 4.34. The molecule has 0 aliphatic rings. The van der Waals surface area contributed by atoms with E-state index >= 15 is 0 Å². The zero-order valence-electron chi connectivity index (χ0n) is 19.9. The van der Waals surface area contributed by atoms with Crippen molar-refractivity contribution in [3.8, 4) is 5.75 Å². The van der Waals surface area contributed by atoms with Crippen LogP contribution >= 0.6 is 15.9 Å². The van der Waals surface area contributed by atoms with E-state index in [1.807, 2.05) is 68.4 Å². The van der Waals surface area contributed by atoms with Gasteiger partial charge in [-0.05, 0) is 41.3 Å². The molecule has 3 rings (SSSR count). The molecule has 184 valence electrons. The third kappa shape index (κ3) is 8.21. The zero-order chi connectivity index (χ0) is 25.2. The van der Waals surface area contributed by atoms with Gasteiger partial charge in [0.25, 0.3) is 5.91 Å². The van der Waals surface area contributed by atoms with Crippen molar-refractivity contribution in [2.24, 2.45) is 5.92 Å². The van der Waals surface area contributed by atoms with Gasteiger partial charge in [0.2, 0.25) is 5.91 Å². The first-order chi connectivity index (χ1) is 16.8. The Morgan fingerprint density at radius 1 is 0.943 bits per heavy atom. The molecule has 0 aliphatic carbocycles. The van der Waals surface area contributed by atoms with E-state index in [2.05, 4.69) is 21.2 Å². The van der Waals surface area contributed by atoms with E-state index in [4.69, 9.17) is 4.74 Å². The molecule has 2 amide bonds. The molecule has 7 heteroatoms. The predicted molar refractivity (Wildman–Crippen MR) is 138 cm³/mol. The lowest BCUT2D eigenvalue weighted by Gasteiger charge is -2.31. The van der Waals surface area contributed by atoms with Crippen molar-refractivity contribution in [1.29, 1.82) is 0 Å². The molecule has 0 spiro atoms. The second kappa shape index (κ2) is 13.0. The highest BCUT2D eigenvalue weighted by molar-refractivity contribution is 9.10. The van der Waals surface area contributed by atoms with Gasteiger partial charge in [-0.3, -0.25) is 9.59 Å². The van der Waals surface area contributed by atoms with Crippen LogP contribution in [0.3, 0.4) is 0 Å². The van der Waals surface area contributed by atoms with Crippen LogP contribution in [-0.4, -0.2) is 35.9 Å². The summed E-state index contributed by atoms with van der Waals surface area (Å²) in [7, 11) is 0. The molecule has 0 heterocycles. The smallest absolute Gasteiger partial charge is 0.261 e. The van der Waals surface area contributed by atoms with Gasteiger partial charge >= 0.3 is 0 Å². The number of amides is 2. The molecule has 0 aliphatic heterocycles. The lowest BCUT2D eigenvalue weighted by Crippen LogP contribution is -2.52.